The molecule has 0 radical (unpaired) electrons. The number of pyridine rings is 1. The molecule has 0 spiro atoms. The molecule has 1 saturated heterocycles. The predicted octanol–water partition coefficient (Wildman–Crippen LogP) is 0.697. The van der Waals surface area contributed by atoms with Crippen molar-refractivity contribution < 1.29 is 4.79 Å². The van der Waals surface area contributed by atoms with Crippen LogP contribution in [0.1, 0.15) is 18.5 Å². The normalized spacial score (nSPS) is 20.4. The van der Waals surface area contributed by atoms with Gasteiger partial charge in [0.1, 0.15) is 0 Å². The molecule has 2 rings (SSSR count). The summed E-state index contributed by atoms with van der Waals surface area (Å²) < 4.78 is 0. The molecule has 1 aromatic rings. The molecule has 0 saturated carbocycles. The lowest BCUT2D eigenvalue weighted by Crippen LogP contribution is -2.40. The fraction of sp³-hybridized carbons (Fsp3) is 0.500. The Hall–Kier alpha value is -1.42. The van der Waals surface area contributed by atoms with Crippen LogP contribution in [0.15, 0.2) is 24.4 Å². The van der Waals surface area contributed by atoms with Crippen LogP contribution in [0.3, 0.4) is 0 Å². The van der Waals surface area contributed by atoms with Crippen molar-refractivity contribution in [2.75, 3.05) is 13.1 Å². The van der Waals surface area contributed by atoms with Crippen molar-refractivity contribution in [3.8, 4) is 0 Å². The molecule has 1 fully saturated rings. The van der Waals surface area contributed by atoms with E-state index in [9.17, 15) is 4.79 Å². The van der Waals surface area contributed by atoms with Gasteiger partial charge in [-0.25, -0.2) is 0 Å². The number of nitrogens with one attached hydrogen (secondary N) is 2. The molecule has 1 atom stereocenters. The van der Waals surface area contributed by atoms with E-state index in [-0.39, 0.29) is 11.8 Å². The molecule has 86 valence electrons. The third kappa shape index (κ3) is 3.03. The molecule has 1 aliphatic rings. The van der Waals surface area contributed by atoms with Crippen LogP contribution in [-0.4, -0.2) is 24.0 Å². The van der Waals surface area contributed by atoms with E-state index >= 15 is 0 Å². The Bertz CT molecular complexity index is 333. The molecule has 16 heavy (non-hydrogen) atoms. The highest BCUT2D eigenvalue weighted by molar-refractivity contribution is 5.78. The number of carbonyl (C=O) groups is 1. The van der Waals surface area contributed by atoms with Crippen molar-refractivity contribution in [3.63, 3.8) is 0 Å². The van der Waals surface area contributed by atoms with Crippen molar-refractivity contribution in [3.05, 3.63) is 30.1 Å². The molecule has 0 aromatic carbocycles. The van der Waals surface area contributed by atoms with Gasteiger partial charge in [0.2, 0.25) is 5.91 Å². The first kappa shape index (κ1) is 11.1. The number of nitrogens with zero attached hydrogens (tertiary/aromatic N) is 1. The van der Waals surface area contributed by atoms with E-state index < -0.39 is 0 Å². The molecule has 4 nitrogen and oxygen atoms in total. The number of aromatic nitrogens is 1. The second-order valence-corrected chi connectivity index (χ2v) is 4.08. The summed E-state index contributed by atoms with van der Waals surface area (Å²) in [6.45, 7) is 2.36. The topological polar surface area (TPSA) is 54.0 Å². The van der Waals surface area contributed by atoms with Crippen LogP contribution in [-0.2, 0) is 11.3 Å². The third-order valence-corrected chi connectivity index (χ3v) is 2.84. The molecule has 1 amide bonds. The van der Waals surface area contributed by atoms with E-state index in [0.29, 0.717) is 6.54 Å². The predicted molar refractivity (Wildman–Crippen MR) is 61.7 cm³/mol. The summed E-state index contributed by atoms with van der Waals surface area (Å²) in [5.41, 5.74) is 0.902. The largest absolute Gasteiger partial charge is 0.350 e. The van der Waals surface area contributed by atoms with Crippen LogP contribution < -0.4 is 10.6 Å². The fourth-order valence-electron chi connectivity index (χ4n) is 1.90. The van der Waals surface area contributed by atoms with Crippen LogP contribution in [0.25, 0.3) is 0 Å². The Kier molecular flexibility index (Phi) is 3.88. The van der Waals surface area contributed by atoms with Crippen LogP contribution in [0.2, 0.25) is 0 Å². The summed E-state index contributed by atoms with van der Waals surface area (Å²) in [7, 11) is 0. The quantitative estimate of drug-likeness (QED) is 0.786. The Labute approximate surface area is 95.5 Å². The van der Waals surface area contributed by atoms with Crippen molar-refractivity contribution in [1.29, 1.82) is 0 Å². The van der Waals surface area contributed by atoms with Crippen molar-refractivity contribution in [2.24, 2.45) is 5.92 Å². The van der Waals surface area contributed by atoms with Gasteiger partial charge in [-0.3, -0.25) is 9.78 Å². The number of carbonyl (C=O) groups excluding carboxylic acids is 1. The third-order valence-electron chi connectivity index (χ3n) is 2.84. The minimum atomic E-state index is 0.123. The van der Waals surface area contributed by atoms with Crippen molar-refractivity contribution in [2.45, 2.75) is 19.4 Å². The molecule has 2 N–H and O–H groups in total. The molecule has 1 aromatic heterocycles. The maximum atomic E-state index is 11.8. The molecule has 4 heteroatoms. The fourth-order valence-corrected chi connectivity index (χ4v) is 1.90. The van der Waals surface area contributed by atoms with E-state index in [2.05, 4.69) is 15.6 Å². The van der Waals surface area contributed by atoms with Gasteiger partial charge in [0.05, 0.1) is 18.2 Å². The highest BCUT2D eigenvalue weighted by Gasteiger charge is 2.20. The van der Waals surface area contributed by atoms with Gasteiger partial charge in [0.15, 0.2) is 0 Å². The van der Waals surface area contributed by atoms with Gasteiger partial charge in [-0.15, -0.1) is 0 Å². The smallest absolute Gasteiger partial charge is 0.224 e. The molecule has 1 aliphatic heterocycles. The van der Waals surface area contributed by atoms with E-state index in [1.165, 1.54) is 0 Å². The highest BCUT2D eigenvalue weighted by atomic mass is 16.1. The number of piperidine rings is 1. The second-order valence-electron chi connectivity index (χ2n) is 4.08. The van der Waals surface area contributed by atoms with Crippen molar-refractivity contribution >= 4 is 5.91 Å². The minimum absolute atomic E-state index is 0.123. The monoisotopic (exact) mass is 219 g/mol. The maximum Gasteiger partial charge on any atom is 0.224 e. The lowest BCUT2D eigenvalue weighted by molar-refractivity contribution is -0.125. The molecule has 0 bridgehead atoms. The summed E-state index contributed by atoms with van der Waals surface area (Å²) >= 11 is 0. The summed E-state index contributed by atoms with van der Waals surface area (Å²) in [4.78, 5) is 16.0. The molecule has 2 heterocycles. The zero-order valence-electron chi connectivity index (χ0n) is 9.28. The molecule has 0 aliphatic carbocycles. The first-order valence-corrected chi connectivity index (χ1v) is 5.74. The lowest BCUT2D eigenvalue weighted by atomic mass is 9.99. The number of rotatable bonds is 3. The first-order valence-electron chi connectivity index (χ1n) is 5.74. The van der Waals surface area contributed by atoms with E-state index in [1.807, 2.05) is 18.2 Å². The highest BCUT2D eigenvalue weighted by Crippen LogP contribution is 2.09. The minimum Gasteiger partial charge on any atom is -0.350 e. The van der Waals surface area contributed by atoms with Gasteiger partial charge in [0, 0.05) is 12.7 Å². The Morgan fingerprint density at radius 2 is 2.50 bits per heavy atom. The van der Waals surface area contributed by atoms with E-state index in [1.54, 1.807) is 6.20 Å². The molecular formula is C12H17N3O. The average molecular weight is 219 g/mol. The molecule has 0 unspecified atom stereocenters. The average Bonchev–Trinajstić information content (AvgIpc) is 2.38. The summed E-state index contributed by atoms with van der Waals surface area (Å²) in [6, 6.07) is 5.71. The van der Waals surface area contributed by atoms with Crippen LogP contribution in [0, 0.1) is 5.92 Å². The van der Waals surface area contributed by atoms with Crippen LogP contribution in [0.4, 0.5) is 0 Å². The first-order chi connectivity index (χ1) is 7.86. The standard InChI is InChI=1S/C12H17N3O/c16-12(10-4-3-6-13-8-10)15-9-11-5-1-2-7-14-11/h1-2,5,7,10,13H,3-4,6,8-9H2,(H,15,16)/t10-/m1/s1. The summed E-state index contributed by atoms with van der Waals surface area (Å²) in [5.74, 6) is 0.260. The van der Waals surface area contributed by atoms with Gasteiger partial charge in [-0.1, -0.05) is 6.07 Å². The summed E-state index contributed by atoms with van der Waals surface area (Å²) in [6.07, 6.45) is 3.81. The van der Waals surface area contributed by atoms with Gasteiger partial charge in [0.25, 0.3) is 0 Å². The zero-order valence-corrected chi connectivity index (χ0v) is 9.28. The molecular weight excluding hydrogens is 202 g/mol. The van der Waals surface area contributed by atoms with Gasteiger partial charge in [-0.05, 0) is 31.5 Å². The van der Waals surface area contributed by atoms with Gasteiger partial charge >= 0.3 is 0 Å². The van der Waals surface area contributed by atoms with E-state index in [4.69, 9.17) is 0 Å². The van der Waals surface area contributed by atoms with E-state index in [0.717, 1.165) is 31.6 Å². The SMILES string of the molecule is O=C(NCc1ccccn1)[C@@H]1CCCNC1. The zero-order chi connectivity index (χ0) is 11.2. The van der Waals surface area contributed by atoms with Gasteiger partial charge < -0.3 is 10.6 Å². The Balaban J connectivity index is 1.79. The Morgan fingerprint density at radius 3 is 3.19 bits per heavy atom. The second kappa shape index (κ2) is 5.61. The maximum absolute atomic E-state index is 11.8. The number of hydrogen-bond donors (Lipinski definition) is 2. The number of amides is 1. The van der Waals surface area contributed by atoms with Crippen molar-refractivity contribution in [1.82, 2.24) is 15.6 Å². The lowest BCUT2D eigenvalue weighted by Gasteiger charge is -2.21. The van der Waals surface area contributed by atoms with Crippen LogP contribution >= 0.6 is 0 Å². The summed E-state index contributed by atoms with van der Waals surface area (Å²) in [5, 5.41) is 6.16. The van der Waals surface area contributed by atoms with Gasteiger partial charge in [-0.2, -0.15) is 0 Å². The Morgan fingerprint density at radius 1 is 1.56 bits per heavy atom. The van der Waals surface area contributed by atoms with Crippen LogP contribution in [0.5, 0.6) is 0 Å². The number of hydrogen-bond acceptors (Lipinski definition) is 3.